The summed E-state index contributed by atoms with van der Waals surface area (Å²) in [7, 11) is 0. The molecule has 0 aliphatic carbocycles. The van der Waals surface area contributed by atoms with Crippen molar-refractivity contribution in [1.29, 1.82) is 0 Å². The van der Waals surface area contributed by atoms with E-state index in [1.807, 2.05) is 12.1 Å². The average Bonchev–Trinajstić information content (AvgIpc) is 2.37. The van der Waals surface area contributed by atoms with Crippen molar-refractivity contribution >= 4 is 0 Å². The smallest absolute Gasteiger partial charge is 0.128 e. The fourth-order valence-corrected chi connectivity index (χ4v) is 2.97. The van der Waals surface area contributed by atoms with Crippen LogP contribution in [-0.4, -0.2) is 43.3 Å². The van der Waals surface area contributed by atoms with Gasteiger partial charge in [0.2, 0.25) is 0 Å². The number of morpholine rings is 1. The maximum absolute atomic E-state index is 14.0. The first-order valence-electron chi connectivity index (χ1n) is 7.45. The van der Waals surface area contributed by atoms with E-state index in [1.165, 1.54) is 6.07 Å². The number of ether oxygens (including phenoxy) is 1. The fourth-order valence-electron chi connectivity index (χ4n) is 2.97. The number of benzene rings is 1. The van der Waals surface area contributed by atoms with Crippen LogP contribution >= 0.6 is 0 Å². The van der Waals surface area contributed by atoms with Crippen molar-refractivity contribution in [3.63, 3.8) is 0 Å². The quantitative estimate of drug-likeness (QED) is 0.897. The molecule has 0 saturated carbocycles. The second kappa shape index (κ2) is 7.16. The summed E-state index contributed by atoms with van der Waals surface area (Å²) in [5.41, 5.74) is 0.751. The summed E-state index contributed by atoms with van der Waals surface area (Å²) in [6, 6.07) is 7.06. The first kappa shape index (κ1) is 15.4. The van der Waals surface area contributed by atoms with Gasteiger partial charge in [-0.1, -0.05) is 25.1 Å². The summed E-state index contributed by atoms with van der Waals surface area (Å²) in [4.78, 5) is 2.36. The van der Waals surface area contributed by atoms with Gasteiger partial charge in [-0.3, -0.25) is 4.90 Å². The molecule has 0 amide bonds. The fraction of sp³-hybridized carbons (Fsp3) is 0.625. The van der Waals surface area contributed by atoms with Crippen LogP contribution in [0.25, 0.3) is 0 Å². The van der Waals surface area contributed by atoms with Crippen LogP contribution < -0.4 is 5.32 Å². The summed E-state index contributed by atoms with van der Waals surface area (Å²) in [5.74, 6) is -0.132. The van der Waals surface area contributed by atoms with E-state index in [0.29, 0.717) is 0 Å². The molecule has 0 bridgehead atoms. The minimum absolute atomic E-state index is 0.0266. The van der Waals surface area contributed by atoms with Gasteiger partial charge in [-0.2, -0.15) is 0 Å². The maximum Gasteiger partial charge on any atom is 0.128 e. The molecule has 1 aromatic carbocycles. The first-order chi connectivity index (χ1) is 9.60. The molecule has 1 fully saturated rings. The van der Waals surface area contributed by atoms with Crippen LogP contribution in [0.15, 0.2) is 24.3 Å². The van der Waals surface area contributed by atoms with Gasteiger partial charge < -0.3 is 10.1 Å². The van der Waals surface area contributed by atoms with Gasteiger partial charge in [0, 0.05) is 31.2 Å². The van der Waals surface area contributed by atoms with Crippen LogP contribution in [-0.2, 0) is 4.74 Å². The second-order valence-corrected chi connectivity index (χ2v) is 5.61. The molecule has 3 unspecified atom stereocenters. The van der Waals surface area contributed by atoms with Gasteiger partial charge in [-0.25, -0.2) is 4.39 Å². The molecule has 1 aliphatic heterocycles. The summed E-state index contributed by atoms with van der Waals surface area (Å²) in [6.45, 7) is 9.68. The van der Waals surface area contributed by atoms with Crippen molar-refractivity contribution in [2.75, 3.05) is 26.2 Å². The van der Waals surface area contributed by atoms with E-state index in [4.69, 9.17) is 4.74 Å². The molecule has 0 radical (unpaired) electrons. The third kappa shape index (κ3) is 4.01. The Labute approximate surface area is 121 Å². The van der Waals surface area contributed by atoms with Gasteiger partial charge in [0.05, 0.1) is 12.2 Å². The minimum Gasteiger partial charge on any atom is -0.373 e. The summed E-state index contributed by atoms with van der Waals surface area (Å²) < 4.78 is 19.7. The molecule has 4 heteroatoms. The second-order valence-electron chi connectivity index (χ2n) is 5.61. The molecule has 1 aliphatic rings. The van der Waals surface area contributed by atoms with E-state index in [2.05, 4.69) is 31.0 Å². The zero-order chi connectivity index (χ0) is 14.5. The third-order valence-corrected chi connectivity index (χ3v) is 3.67. The number of likely N-dealkylation sites (N-methyl/N-ethyl adjacent to an activating group) is 1. The number of rotatable bonds is 5. The summed E-state index contributed by atoms with van der Waals surface area (Å²) in [6.07, 6.45) is 0.475. The van der Waals surface area contributed by atoms with Crippen molar-refractivity contribution < 1.29 is 9.13 Å². The molecule has 1 aromatic rings. The SMILES string of the molecule is CCNC(CN1CC(C)OC(C)C1)c1ccccc1F. The molecular weight excluding hydrogens is 255 g/mol. The lowest BCUT2D eigenvalue weighted by atomic mass is 10.0. The monoisotopic (exact) mass is 280 g/mol. The Morgan fingerprint density at radius 2 is 1.95 bits per heavy atom. The Morgan fingerprint density at radius 3 is 2.55 bits per heavy atom. The summed E-state index contributed by atoms with van der Waals surface area (Å²) >= 11 is 0. The van der Waals surface area contributed by atoms with Crippen LogP contribution in [0.3, 0.4) is 0 Å². The lowest BCUT2D eigenvalue weighted by molar-refractivity contribution is -0.0700. The highest BCUT2D eigenvalue weighted by molar-refractivity contribution is 5.21. The zero-order valence-corrected chi connectivity index (χ0v) is 12.6. The highest BCUT2D eigenvalue weighted by atomic mass is 19.1. The topological polar surface area (TPSA) is 24.5 Å². The van der Waals surface area contributed by atoms with Crippen molar-refractivity contribution in [3.05, 3.63) is 35.6 Å². The number of nitrogens with one attached hydrogen (secondary N) is 1. The van der Waals surface area contributed by atoms with Gasteiger partial charge >= 0.3 is 0 Å². The van der Waals surface area contributed by atoms with E-state index in [-0.39, 0.29) is 24.1 Å². The van der Waals surface area contributed by atoms with E-state index in [9.17, 15) is 4.39 Å². The van der Waals surface area contributed by atoms with Crippen molar-refractivity contribution in [3.8, 4) is 0 Å². The molecule has 0 spiro atoms. The molecule has 20 heavy (non-hydrogen) atoms. The predicted octanol–water partition coefficient (Wildman–Crippen LogP) is 2.59. The van der Waals surface area contributed by atoms with Gasteiger partial charge in [-0.05, 0) is 26.5 Å². The highest BCUT2D eigenvalue weighted by Crippen LogP contribution is 2.20. The van der Waals surface area contributed by atoms with Crippen molar-refractivity contribution in [2.45, 2.75) is 39.0 Å². The van der Waals surface area contributed by atoms with E-state index < -0.39 is 0 Å². The van der Waals surface area contributed by atoms with E-state index in [0.717, 1.165) is 31.7 Å². The average molecular weight is 280 g/mol. The van der Waals surface area contributed by atoms with Crippen LogP contribution in [0.1, 0.15) is 32.4 Å². The minimum atomic E-state index is -0.132. The molecule has 1 saturated heterocycles. The number of hydrogen-bond acceptors (Lipinski definition) is 3. The molecule has 1 N–H and O–H groups in total. The van der Waals surface area contributed by atoms with Crippen LogP contribution in [0.4, 0.5) is 4.39 Å². The maximum atomic E-state index is 14.0. The molecule has 0 aromatic heterocycles. The van der Waals surface area contributed by atoms with Crippen LogP contribution in [0.2, 0.25) is 0 Å². The van der Waals surface area contributed by atoms with Gasteiger partial charge in [0.25, 0.3) is 0 Å². The van der Waals surface area contributed by atoms with Gasteiger partial charge in [-0.15, -0.1) is 0 Å². The molecule has 2 rings (SSSR count). The Morgan fingerprint density at radius 1 is 1.30 bits per heavy atom. The largest absolute Gasteiger partial charge is 0.373 e. The Balaban J connectivity index is 2.07. The number of hydrogen-bond donors (Lipinski definition) is 1. The molecule has 3 atom stereocenters. The van der Waals surface area contributed by atoms with Crippen molar-refractivity contribution in [2.24, 2.45) is 0 Å². The molecule has 3 nitrogen and oxygen atoms in total. The number of halogens is 1. The van der Waals surface area contributed by atoms with Gasteiger partial charge in [0.1, 0.15) is 5.82 Å². The Hall–Kier alpha value is -0.970. The third-order valence-electron chi connectivity index (χ3n) is 3.67. The normalized spacial score (nSPS) is 25.6. The Kier molecular flexibility index (Phi) is 5.52. The Bertz CT molecular complexity index is 417. The standard InChI is InChI=1S/C16H25FN2O/c1-4-18-16(14-7-5-6-8-15(14)17)11-19-9-12(2)20-13(3)10-19/h5-8,12-13,16,18H,4,9-11H2,1-3H3. The van der Waals surface area contributed by atoms with Crippen molar-refractivity contribution in [1.82, 2.24) is 10.2 Å². The zero-order valence-electron chi connectivity index (χ0n) is 12.6. The lowest BCUT2D eigenvalue weighted by Crippen LogP contribution is -2.48. The van der Waals surface area contributed by atoms with Gasteiger partial charge in [0.15, 0.2) is 0 Å². The number of nitrogens with zero attached hydrogens (tertiary/aromatic N) is 1. The lowest BCUT2D eigenvalue weighted by Gasteiger charge is -2.37. The first-order valence-corrected chi connectivity index (χ1v) is 7.45. The highest BCUT2D eigenvalue weighted by Gasteiger charge is 2.25. The summed E-state index contributed by atoms with van der Waals surface area (Å²) in [5, 5.41) is 3.39. The van der Waals surface area contributed by atoms with E-state index >= 15 is 0 Å². The molecule has 112 valence electrons. The van der Waals surface area contributed by atoms with Crippen LogP contribution in [0.5, 0.6) is 0 Å². The van der Waals surface area contributed by atoms with Crippen LogP contribution in [0, 0.1) is 5.82 Å². The molecular formula is C16H25FN2O. The molecule has 1 heterocycles. The van der Waals surface area contributed by atoms with E-state index in [1.54, 1.807) is 6.07 Å². The predicted molar refractivity (Wildman–Crippen MR) is 79.3 cm³/mol.